The van der Waals surface area contributed by atoms with Gasteiger partial charge in [0, 0.05) is 0 Å². The van der Waals surface area contributed by atoms with Gasteiger partial charge >= 0.3 is 0 Å². The van der Waals surface area contributed by atoms with Crippen LogP contribution in [0.4, 0.5) is 0 Å². The van der Waals surface area contributed by atoms with Crippen LogP contribution in [0.1, 0.15) is 33.1 Å². The maximum atomic E-state index is 10.5. The number of unbranched alkanes of at least 4 members (excludes halogenated alkanes) is 1. The highest BCUT2D eigenvalue weighted by Gasteiger charge is 2.11. The molecule has 0 fully saturated rings. The molecule has 13 heavy (non-hydrogen) atoms. The highest BCUT2D eigenvalue weighted by Crippen LogP contribution is 2.11. The van der Waals surface area contributed by atoms with Crippen molar-refractivity contribution in [1.29, 1.82) is 0 Å². The van der Waals surface area contributed by atoms with Gasteiger partial charge < -0.3 is 5.11 Å². The molecule has 0 aliphatic heterocycles. The van der Waals surface area contributed by atoms with E-state index in [0.717, 1.165) is 12.7 Å². The van der Waals surface area contributed by atoms with Crippen LogP contribution in [0.25, 0.3) is 0 Å². The summed E-state index contributed by atoms with van der Waals surface area (Å²) in [4.78, 5) is 0. The SMILES string of the molecule is CC(C)(O)CCCCOS(C)(=O)=O. The van der Waals surface area contributed by atoms with E-state index in [2.05, 4.69) is 4.18 Å². The molecule has 80 valence electrons. The monoisotopic (exact) mass is 210 g/mol. The average Bonchev–Trinajstić information content (AvgIpc) is 1.81. The van der Waals surface area contributed by atoms with Gasteiger partial charge in [0.15, 0.2) is 0 Å². The van der Waals surface area contributed by atoms with Gasteiger partial charge in [-0.15, -0.1) is 0 Å². The van der Waals surface area contributed by atoms with Gasteiger partial charge in [0.2, 0.25) is 0 Å². The van der Waals surface area contributed by atoms with E-state index in [1.807, 2.05) is 0 Å². The Morgan fingerprint density at radius 2 is 1.85 bits per heavy atom. The number of aliphatic hydroxyl groups is 1. The van der Waals surface area contributed by atoms with Crippen LogP contribution in [-0.4, -0.2) is 32.0 Å². The van der Waals surface area contributed by atoms with Crippen molar-refractivity contribution in [1.82, 2.24) is 0 Å². The quantitative estimate of drug-likeness (QED) is 0.522. The molecular weight excluding hydrogens is 192 g/mol. The molecule has 0 rings (SSSR count). The first-order chi connectivity index (χ1) is 5.71. The van der Waals surface area contributed by atoms with Crippen LogP contribution in [0.3, 0.4) is 0 Å². The second-order valence-corrected chi connectivity index (χ2v) is 5.44. The van der Waals surface area contributed by atoms with Crippen molar-refractivity contribution in [3.63, 3.8) is 0 Å². The number of hydrogen-bond acceptors (Lipinski definition) is 4. The van der Waals surface area contributed by atoms with E-state index in [-0.39, 0.29) is 6.61 Å². The standard InChI is InChI=1S/C8H18O4S/c1-8(2,9)6-4-5-7-12-13(3,10)11/h9H,4-7H2,1-3H3. The van der Waals surface area contributed by atoms with Crippen molar-refractivity contribution < 1.29 is 17.7 Å². The van der Waals surface area contributed by atoms with Gasteiger partial charge in [-0.2, -0.15) is 8.42 Å². The zero-order valence-electron chi connectivity index (χ0n) is 8.41. The fraction of sp³-hybridized carbons (Fsp3) is 1.00. The third kappa shape index (κ3) is 11.9. The molecule has 0 aromatic carbocycles. The lowest BCUT2D eigenvalue weighted by Gasteiger charge is -2.15. The molecule has 4 nitrogen and oxygen atoms in total. The van der Waals surface area contributed by atoms with Crippen LogP contribution in [0.15, 0.2) is 0 Å². The van der Waals surface area contributed by atoms with Gasteiger partial charge in [0.1, 0.15) is 0 Å². The third-order valence-electron chi connectivity index (χ3n) is 1.48. The second kappa shape index (κ2) is 4.93. The molecule has 0 spiro atoms. The molecule has 0 amide bonds. The van der Waals surface area contributed by atoms with Gasteiger partial charge in [-0.3, -0.25) is 4.18 Å². The Bertz CT molecular complexity index is 225. The summed E-state index contributed by atoms with van der Waals surface area (Å²) in [6, 6.07) is 0. The van der Waals surface area contributed by atoms with Crippen molar-refractivity contribution in [2.24, 2.45) is 0 Å². The molecule has 0 saturated heterocycles. The van der Waals surface area contributed by atoms with Crippen molar-refractivity contribution in [2.45, 2.75) is 38.7 Å². The Morgan fingerprint density at radius 3 is 2.23 bits per heavy atom. The van der Waals surface area contributed by atoms with E-state index in [9.17, 15) is 13.5 Å². The summed E-state index contributed by atoms with van der Waals surface area (Å²) < 4.78 is 25.6. The second-order valence-electron chi connectivity index (χ2n) is 3.80. The largest absolute Gasteiger partial charge is 0.390 e. The summed E-state index contributed by atoms with van der Waals surface area (Å²) in [5.41, 5.74) is -0.676. The Hall–Kier alpha value is -0.130. The lowest BCUT2D eigenvalue weighted by Crippen LogP contribution is -2.18. The van der Waals surface area contributed by atoms with Gasteiger partial charge in [-0.1, -0.05) is 0 Å². The molecule has 0 radical (unpaired) electrons. The van der Waals surface area contributed by atoms with Gasteiger partial charge in [0.05, 0.1) is 18.5 Å². The van der Waals surface area contributed by atoms with Crippen LogP contribution in [0.2, 0.25) is 0 Å². The molecule has 0 atom stereocenters. The first-order valence-corrected chi connectivity index (χ1v) is 6.09. The Morgan fingerprint density at radius 1 is 1.31 bits per heavy atom. The van der Waals surface area contributed by atoms with Gasteiger partial charge in [-0.05, 0) is 33.1 Å². The van der Waals surface area contributed by atoms with Crippen LogP contribution < -0.4 is 0 Å². The highest BCUT2D eigenvalue weighted by atomic mass is 32.2. The zero-order valence-corrected chi connectivity index (χ0v) is 9.23. The molecule has 5 heteroatoms. The van der Waals surface area contributed by atoms with Gasteiger partial charge in [0.25, 0.3) is 10.1 Å². The average molecular weight is 210 g/mol. The Balaban J connectivity index is 3.39. The lowest BCUT2D eigenvalue weighted by atomic mass is 10.0. The molecule has 0 bridgehead atoms. The summed E-state index contributed by atoms with van der Waals surface area (Å²) in [5.74, 6) is 0. The normalized spacial score (nSPS) is 13.2. The summed E-state index contributed by atoms with van der Waals surface area (Å²) in [7, 11) is -3.30. The van der Waals surface area contributed by atoms with Crippen LogP contribution in [0, 0.1) is 0 Å². The summed E-state index contributed by atoms with van der Waals surface area (Å²) >= 11 is 0. The predicted molar refractivity (Wildman–Crippen MR) is 50.9 cm³/mol. The summed E-state index contributed by atoms with van der Waals surface area (Å²) in [6.45, 7) is 3.66. The van der Waals surface area contributed by atoms with Crippen molar-refractivity contribution >= 4 is 10.1 Å². The molecule has 0 heterocycles. The maximum absolute atomic E-state index is 10.5. The topological polar surface area (TPSA) is 63.6 Å². The van der Waals surface area contributed by atoms with E-state index < -0.39 is 15.7 Å². The van der Waals surface area contributed by atoms with Crippen LogP contribution in [0.5, 0.6) is 0 Å². The molecule has 0 aromatic rings. The molecule has 0 saturated carbocycles. The Labute approximate surface area is 80.0 Å². The van der Waals surface area contributed by atoms with Gasteiger partial charge in [-0.25, -0.2) is 0 Å². The number of hydrogen-bond donors (Lipinski definition) is 1. The minimum absolute atomic E-state index is 0.203. The van der Waals surface area contributed by atoms with E-state index in [0.29, 0.717) is 12.8 Å². The lowest BCUT2D eigenvalue weighted by molar-refractivity contribution is 0.0671. The smallest absolute Gasteiger partial charge is 0.264 e. The van der Waals surface area contributed by atoms with E-state index >= 15 is 0 Å². The maximum Gasteiger partial charge on any atom is 0.264 e. The minimum Gasteiger partial charge on any atom is -0.390 e. The van der Waals surface area contributed by atoms with Crippen LogP contribution in [-0.2, 0) is 14.3 Å². The number of rotatable bonds is 6. The predicted octanol–water partition coefficient (Wildman–Crippen LogP) is 0.904. The molecule has 1 N–H and O–H groups in total. The zero-order chi connectivity index (χ0) is 10.5. The minimum atomic E-state index is -3.30. The Kier molecular flexibility index (Phi) is 4.88. The van der Waals surface area contributed by atoms with Crippen molar-refractivity contribution in [3.8, 4) is 0 Å². The molecule has 0 unspecified atom stereocenters. The first-order valence-electron chi connectivity index (χ1n) is 4.27. The molecule has 0 aromatic heterocycles. The molecule has 0 aliphatic carbocycles. The summed E-state index contributed by atoms with van der Waals surface area (Å²) in [6.07, 6.45) is 3.10. The van der Waals surface area contributed by atoms with Crippen LogP contribution >= 0.6 is 0 Å². The fourth-order valence-electron chi connectivity index (χ4n) is 0.870. The van der Waals surface area contributed by atoms with E-state index in [4.69, 9.17) is 0 Å². The fourth-order valence-corrected chi connectivity index (χ4v) is 1.29. The third-order valence-corrected chi connectivity index (χ3v) is 2.08. The summed E-state index contributed by atoms with van der Waals surface area (Å²) in [5, 5.41) is 9.32. The molecular formula is C8H18O4S. The van der Waals surface area contributed by atoms with E-state index in [1.54, 1.807) is 13.8 Å². The molecule has 0 aliphatic rings. The highest BCUT2D eigenvalue weighted by molar-refractivity contribution is 7.85. The van der Waals surface area contributed by atoms with Crippen molar-refractivity contribution in [3.05, 3.63) is 0 Å². The van der Waals surface area contributed by atoms with Crippen molar-refractivity contribution in [2.75, 3.05) is 12.9 Å². The van der Waals surface area contributed by atoms with E-state index in [1.165, 1.54) is 0 Å². The first kappa shape index (κ1) is 12.9.